The van der Waals surface area contributed by atoms with Crippen molar-refractivity contribution in [3.8, 4) is 0 Å². The predicted molar refractivity (Wildman–Crippen MR) is 61.7 cm³/mol. The van der Waals surface area contributed by atoms with Crippen molar-refractivity contribution in [2.75, 3.05) is 19.7 Å². The monoisotopic (exact) mass is 331 g/mol. The van der Waals surface area contributed by atoms with Crippen molar-refractivity contribution in [3.63, 3.8) is 0 Å². The molecule has 2 rings (SSSR count). The molecular formula is C10H12F3NO6S. The highest BCUT2D eigenvalue weighted by atomic mass is 32.2. The second-order valence-electron chi connectivity index (χ2n) is 4.72. The van der Waals surface area contributed by atoms with E-state index in [-0.39, 0.29) is 25.9 Å². The van der Waals surface area contributed by atoms with Crippen LogP contribution < -0.4 is 0 Å². The fourth-order valence-electron chi connectivity index (χ4n) is 2.19. The Balaban J connectivity index is 2.05. The zero-order chi connectivity index (χ0) is 15.9. The van der Waals surface area contributed by atoms with Gasteiger partial charge in [0.05, 0.1) is 5.60 Å². The Hall–Kier alpha value is -1.49. The van der Waals surface area contributed by atoms with Gasteiger partial charge in [-0.2, -0.15) is 21.6 Å². The van der Waals surface area contributed by atoms with E-state index < -0.39 is 39.7 Å². The number of alkyl halides is 3. The summed E-state index contributed by atoms with van der Waals surface area (Å²) in [6, 6.07) is 0. The first kappa shape index (κ1) is 15.9. The quantitative estimate of drug-likeness (QED) is 0.605. The molecule has 11 heteroatoms. The molecule has 0 aromatic rings. The van der Waals surface area contributed by atoms with Gasteiger partial charge in [-0.05, 0) is 18.9 Å². The number of amides is 1. The normalized spacial score (nSPS) is 22.2. The van der Waals surface area contributed by atoms with Gasteiger partial charge in [-0.3, -0.25) is 0 Å². The van der Waals surface area contributed by atoms with E-state index in [4.69, 9.17) is 9.84 Å². The van der Waals surface area contributed by atoms with Gasteiger partial charge in [-0.1, -0.05) is 0 Å². The van der Waals surface area contributed by atoms with Crippen molar-refractivity contribution in [2.45, 2.75) is 24.0 Å². The summed E-state index contributed by atoms with van der Waals surface area (Å²) in [5.74, 6) is -0.434. The highest BCUT2D eigenvalue weighted by Gasteiger charge is 2.50. The molecule has 0 unspecified atom stereocenters. The third kappa shape index (κ3) is 3.23. The van der Waals surface area contributed by atoms with Crippen molar-refractivity contribution in [2.24, 2.45) is 0 Å². The summed E-state index contributed by atoms with van der Waals surface area (Å²) in [6.45, 7) is -0.112. The largest absolute Gasteiger partial charge is 0.534 e. The van der Waals surface area contributed by atoms with E-state index in [0.29, 0.717) is 0 Å². The summed E-state index contributed by atoms with van der Waals surface area (Å²) in [4.78, 5) is 11.9. The van der Waals surface area contributed by atoms with E-state index in [0.717, 1.165) is 4.90 Å². The summed E-state index contributed by atoms with van der Waals surface area (Å²) < 4.78 is 67.7. The van der Waals surface area contributed by atoms with E-state index in [9.17, 15) is 26.4 Å². The minimum atomic E-state index is -5.71. The van der Waals surface area contributed by atoms with Gasteiger partial charge in [0.2, 0.25) is 0 Å². The van der Waals surface area contributed by atoms with Crippen LogP contribution >= 0.6 is 0 Å². The van der Waals surface area contributed by atoms with Gasteiger partial charge in [0, 0.05) is 13.1 Å². The third-order valence-electron chi connectivity index (χ3n) is 3.31. The molecule has 1 spiro atoms. The standard InChI is InChI=1S/C10H12F3NO6S/c11-10(12,13)21(17,18)20-7-5-9(19-6-7)1-3-14(4-2-9)8(15)16/h5H,1-4,6H2,(H,15,16). The molecule has 1 N–H and O–H groups in total. The Morgan fingerprint density at radius 1 is 1.38 bits per heavy atom. The van der Waals surface area contributed by atoms with E-state index in [1.165, 1.54) is 6.08 Å². The summed E-state index contributed by atoms with van der Waals surface area (Å²) in [6.07, 6.45) is 0.536. The summed E-state index contributed by atoms with van der Waals surface area (Å²) in [5.41, 5.74) is -6.47. The van der Waals surface area contributed by atoms with E-state index in [1.54, 1.807) is 0 Å². The van der Waals surface area contributed by atoms with Crippen LogP contribution in [0, 0.1) is 0 Å². The summed E-state index contributed by atoms with van der Waals surface area (Å²) >= 11 is 0. The zero-order valence-corrected chi connectivity index (χ0v) is 11.4. The second kappa shape index (κ2) is 5.05. The lowest BCUT2D eigenvalue weighted by Gasteiger charge is -2.35. The molecule has 1 fully saturated rings. The molecule has 7 nitrogen and oxygen atoms in total. The van der Waals surface area contributed by atoms with Crippen molar-refractivity contribution < 1.29 is 40.4 Å². The Morgan fingerprint density at radius 2 is 1.95 bits per heavy atom. The molecule has 2 heterocycles. The molecule has 1 saturated heterocycles. The topological polar surface area (TPSA) is 93.1 Å². The first-order valence-corrected chi connectivity index (χ1v) is 7.30. The van der Waals surface area contributed by atoms with Gasteiger partial charge >= 0.3 is 21.7 Å². The lowest BCUT2D eigenvalue weighted by molar-refractivity contribution is -0.0533. The number of carboxylic acid groups (broad SMARTS) is 1. The molecule has 0 bridgehead atoms. The van der Waals surface area contributed by atoms with Crippen LogP contribution in [0.2, 0.25) is 0 Å². The van der Waals surface area contributed by atoms with Gasteiger partial charge in [-0.15, -0.1) is 0 Å². The van der Waals surface area contributed by atoms with Gasteiger partial charge in [0.15, 0.2) is 0 Å². The first-order chi connectivity index (χ1) is 9.55. The fourth-order valence-corrected chi connectivity index (χ4v) is 2.67. The number of rotatable bonds is 2. The van der Waals surface area contributed by atoms with Crippen LogP contribution in [0.5, 0.6) is 0 Å². The van der Waals surface area contributed by atoms with Crippen molar-refractivity contribution in [1.29, 1.82) is 0 Å². The van der Waals surface area contributed by atoms with Crippen LogP contribution in [0.1, 0.15) is 12.8 Å². The molecule has 2 aliphatic heterocycles. The van der Waals surface area contributed by atoms with Crippen molar-refractivity contribution in [3.05, 3.63) is 11.8 Å². The minimum absolute atomic E-state index is 0.144. The number of nitrogens with zero attached hydrogens (tertiary/aromatic N) is 1. The lowest BCUT2D eigenvalue weighted by atomic mass is 9.92. The van der Waals surface area contributed by atoms with Gasteiger partial charge in [0.25, 0.3) is 0 Å². The smallest absolute Gasteiger partial charge is 0.465 e. The Bertz CT molecular complexity index is 562. The average Bonchev–Trinajstić information content (AvgIpc) is 2.70. The van der Waals surface area contributed by atoms with Crippen LogP contribution in [-0.2, 0) is 19.0 Å². The van der Waals surface area contributed by atoms with Crippen molar-refractivity contribution in [1.82, 2.24) is 4.90 Å². The number of halogens is 3. The molecule has 0 aliphatic carbocycles. The number of hydrogen-bond acceptors (Lipinski definition) is 5. The average molecular weight is 331 g/mol. The van der Waals surface area contributed by atoms with Crippen LogP contribution in [-0.4, -0.2) is 55.3 Å². The zero-order valence-electron chi connectivity index (χ0n) is 10.6. The number of ether oxygens (including phenoxy) is 1. The van der Waals surface area contributed by atoms with Crippen LogP contribution in [0.25, 0.3) is 0 Å². The van der Waals surface area contributed by atoms with E-state index in [1.807, 2.05) is 0 Å². The Labute approximate surface area is 118 Å². The maximum atomic E-state index is 12.2. The first-order valence-electron chi connectivity index (χ1n) is 5.89. The number of piperidine rings is 1. The van der Waals surface area contributed by atoms with Crippen molar-refractivity contribution >= 4 is 16.2 Å². The number of likely N-dealkylation sites (tertiary alicyclic amines) is 1. The molecule has 0 radical (unpaired) electrons. The molecule has 21 heavy (non-hydrogen) atoms. The van der Waals surface area contributed by atoms with Crippen LogP contribution in [0.4, 0.5) is 18.0 Å². The number of carbonyl (C=O) groups is 1. The maximum Gasteiger partial charge on any atom is 0.534 e. The molecule has 1 amide bonds. The van der Waals surface area contributed by atoms with Gasteiger partial charge in [0.1, 0.15) is 12.4 Å². The Kier molecular flexibility index (Phi) is 3.82. The molecule has 120 valence electrons. The molecule has 2 aliphatic rings. The van der Waals surface area contributed by atoms with Gasteiger partial charge in [-0.25, -0.2) is 4.79 Å². The summed E-state index contributed by atoms with van der Waals surface area (Å²) in [7, 11) is -5.71. The van der Waals surface area contributed by atoms with Crippen LogP contribution in [0.3, 0.4) is 0 Å². The minimum Gasteiger partial charge on any atom is -0.465 e. The lowest BCUT2D eigenvalue weighted by Crippen LogP contribution is -2.45. The van der Waals surface area contributed by atoms with Crippen LogP contribution in [0.15, 0.2) is 11.8 Å². The third-order valence-corrected chi connectivity index (χ3v) is 4.31. The van der Waals surface area contributed by atoms with E-state index >= 15 is 0 Å². The second-order valence-corrected chi connectivity index (χ2v) is 6.25. The molecule has 0 aromatic heterocycles. The molecule has 0 saturated carbocycles. The predicted octanol–water partition coefficient (Wildman–Crippen LogP) is 1.28. The SMILES string of the molecule is O=C(O)N1CCC2(C=C(OS(=O)(=O)C(F)(F)F)CO2)CC1. The Morgan fingerprint density at radius 3 is 2.43 bits per heavy atom. The molecular weight excluding hydrogens is 319 g/mol. The fraction of sp³-hybridized carbons (Fsp3) is 0.700. The maximum absolute atomic E-state index is 12.2. The highest BCUT2D eigenvalue weighted by molar-refractivity contribution is 7.87. The molecule has 0 atom stereocenters. The highest BCUT2D eigenvalue weighted by Crippen LogP contribution is 2.36. The number of hydrogen-bond donors (Lipinski definition) is 1. The van der Waals surface area contributed by atoms with E-state index in [2.05, 4.69) is 4.18 Å². The van der Waals surface area contributed by atoms with Gasteiger partial charge < -0.3 is 18.9 Å². The molecule has 0 aromatic carbocycles. The summed E-state index contributed by atoms with van der Waals surface area (Å²) in [5, 5.41) is 8.80.